The highest BCUT2D eigenvalue weighted by atomic mass is 16.1. The molecule has 0 aliphatic heterocycles. The maximum absolute atomic E-state index is 12.4. The average molecular weight is 296 g/mol. The van der Waals surface area contributed by atoms with Gasteiger partial charge in [-0.25, -0.2) is 0 Å². The summed E-state index contributed by atoms with van der Waals surface area (Å²) in [6.45, 7) is 8.28. The summed E-state index contributed by atoms with van der Waals surface area (Å²) in [7, 11) is 0. The Morgan fingerprint density at radius 3 is 2.32 bits per heavy atom. The molecule has 1 heterocycles. The third kappa shape index (κ3) is 3.94. The van der Waals surface area contributed by atoms with Gasteiger partial charge >= 0.3 is 0 Å². The standard InChI is InChI=1S/C19H24N2O/c1-5-15-7-10-16(11-8-15)18(13(2)3)21-19(22)17-9-6-14(4)20-12-17/h6-13,18H,5H2,1-4H3,(H,21,22). The quantitative estimate of drug-likeness (QED) is 0.903. The highest BCUT2D eigenvalue weighted by Crippen LogP contribution is 2.22. The van der Waals surface area contributed by atoms with Gasteiger partial charge in [0.15, 0.2) is 0 Å². The lowest BCUT2D eigenvalue weighted by Gasteiger charge is -2.23. The second-order valence-corrected chi connectivity index (χ2v) is 5.98. The molecule has 1 atom stereocenters. The van der Waals surface area contributed by atoms with Crippen LogP contribution in [0.4, 0.5) is 0 Å². The molecule has 22 heavy (non-hydrogen) atoms. The van der Waals surface area contributed by atoms with Crippen molar-refractivity contribution < 1.29 is 4.79 Å². The van der Waals surface area contributed by atoms with E-state index in [2.05, 4.69) is 55.3 Å². The largest absolute Gasteiger partial charge is 0.345 e. The summed E-state index contributed by atoms with van der Waals surface area (Å²) in [6.07, 6.45) is 2.65. The Morgan fingerprint density at radius 1 is 1.14 bits per heavy atom. The van der Waals surface area contributed by atoms with Crippen molar-refractivity contribution in [1.29, 1.82) is 0 Å². The first kappa shape index (κ1) is 16.2. The monoisotopic (exact) mass is 296 g/mol. The molecular formula is C19H24N2O. The number of rotatable bonds is 5. The zero-order valence-electron chi connectivity index (χ0n) is 13.8. The SMILES string of the molecule is CCc1ccc(C(NC(=O)c2ccc(C)nc2)C(C)C)cc1. The number of carbonyl (C=O) groups excluding carboxylic acids is 1. The second-order valence-electron chi connectivity index (χ2n) is 5.98. The summed E-state index contributed by atoms with van der Waals surface area (Å²) in [4.78, 5) is 16.6. The molecule has 116 valence electrons. The number of aromatic nitrogens is 1. The molecule has 1 aromatic heterocycles. The molecule has 3 heteroatoms. The van der Waals surface area contributed by atoms with Crippen LogP contribution in [0.15, 0.2) is 42.6 Å². The lowest BCUT2D eigenvalue weighted by Crippen LogP contribution is -2.31. The predicted molar refractivity (Wildman–Crippen MR) is 89.8 cm³/mol. The van der Waals surface area contributed by atoms with Crippen molar-refractivity contribution in [3.63, 3.8) is 0 Å². The smallest absolute Gasteiger partial charge is 0.253 e. The predicted octanol–water partition coefficient (Wildman–Crippen LogP) is 4.08. The number of amides is 1. The topological polar surface area (TPSA) is 42.0 Å². The third-order valence-electron chi connectivity index (χ3n) is 3.87. The summed E-state index contributed by atoms with van der Waals surface area (Å²) in [6, 6.07) is 12.1. The minimum atomic E-state index is -0.0780. The fourth-order valence-corrected chi connectivity index (χ4v) is 2.42. The van der Waals surface area contributed by atoms with Crippen molar-refractivity contribution >= 4 is 5.91 Å². The molecule has 1 aromatic carbocycles. The van der Waals surface area contributed by atoms with Crippen molar-refractivity contribution in [2.24, 2.45) is 5.92 Å². The Labute approximate surface area is 132 Å². The number of hydrogen-bond acceptors (Lipinski definition) is 2. The molecule has 0 saturated heterocycles. The lowest BCUT2D eigenvalue weighted by atomic mass is 9.94. The van der Waals surface area contributed by atoms with Crippen molar-refractivity contribution in [3.05, 3.63) is 65.0 Å². The molecule has 2 aromatic rings. The molecule has 0 radical (unpaired) electrons. The Kier molecular flexibility index (Phi) is 5.31. The van der Waals surface area contributed by atoms with Gasteiger partial charge in [-0.15, -0.1) is 0 Å². The molecule has 1 amide bonds. The van der Waals surface area contributed by atoms with E-state index in [1.807, 2.05) is 19.1 Å². The number of aryl methyl sites for hydroxylation is 2. The van der Waals surface area contributed by atoms with E-state index < -0.39 is 0 Å². The van der Waals surface area contributed by atoms with E-state index in [9.17, 15) is 4.79 Å². The van der Waals surface area contributed by atoms with Crippen LogP contribution in [0.3, 0.4) is 0 Å². The van der Waals surface area contributed by atoms with Crippen LogP contribution in [0.25, 0.3) is 0 Å². The first-order valence-corrected chi connectivity index (χ1v) is 7.83. The zero-order chi connectivity index (χ0) is 16.1. The maximum Gasteiger partial charge on any atom is 0.253 e. The number of hydrogen-bond donors (Lipinski definition) is 1. The highest BCUT2D eigenvalue weighted by molar-refractivity contribution is 5.94. The van der Waals surface area contributed by atoms with Crippen LogP contribution in [0, 0.1) is 12.8 Å². The molecule has 0 bridgehead atoms. The fraction of sp³-hybridized carbons (Fsp3) is 0.368. The van der Waals surface area contributed by atoms with Crippen molar-refractivity contribution in [2.45, 2.75) is 40.2 Å². The van der Waals surface area contributed by atoms with E-state index in [0.717, 1.165) is 17.7 Å². The molecular weight excluding hydrogens is 272 g/mol. The normalized spacial score (nSPS) is 12.2. The highest BCUT2D eigenvalue weighted by Gasteiger charge is 2.19. The third-order valence-corrected chi connectivity index (χ3v) is 3.87. The van der Waals surface area contributed by atoms with Crippen LogP contribution in [0.5, 0.6) is 0 Å². The van der Waals surface area contributed by atoms with Crippen LogP contribution in [0.1, 0.15) is 54.0 Å². The Hall–Kier alpha value is -2.16. The molecule has 0 spiro atoms. The van der Waals surface area contributed by atoms with Gasteiger partial charge in [0.2, 0.25) is 0 Å². The molecule has 2 rings (SSSR count). The fourth-order valence-electron chi connectivity index (χ4n) is 2.42. The van der Waals surface area contributed by atoms with Gasteiger partial charge in [-0.2, -0.15) is 0 Å². The van der Waals surface area contributed by atoms with Crippen LogP contribution in [-0.4, -0.2) is 10.9 Å². The zero-order valence-corrected chi connectivity index (χ0v) is 13.8. The Balaban J connectivity index is 2.17. The number of benzene rings is 1. The average Bonchev–Trinajstić information content (AvgIpc) is 2.53. The van der Waals surface area contributed by atoms with Crippen LogP contribution in [-0.2, 0) is 6.42 Å². The molecule has 1 unspecified atom stereocenters. The van der Waals surface area contributed by atoms with E-state index in [1.165, 1.54) is 5.56 Å². The first-order chi connectivity index (χ1) is 10.5. The van der Waals surface area contributed by atoms with Gasteiger partial charge in [-0.1, -0.05) is 45.0 Å². The van der Waals surface area contributed by atoms with E-state index in [-0.39, 0.29) is 11.9 Å². The number of nitrogens with zero attached hydrogens (tertiary/aromatic N) is 1. The molecule has 0 saturated carbocycles. The van der Waals surface area contributed by atoms with Crippen molar-refractivity contribution in [3.8, 4) is 0 Å². The lowest BCUT2D eigenvalue weighted by molar-refractivity contribution is 0.0925. The summed E-state index contributed by atoms with van der Waals surface area (Å²) in [5.74, 6) is 0.237. The second kappa shape index (κ2) is 7.21. The van der Waals surface area contributed by atoms with Gasteiger partial charge in [0.25, 0.3) is 5.91 Å². The number of nitrogens with one attached hydrogen (secondary N) is 1. The molecule has 0 aliphatic carbocycles. The van der Waals surface area contributed by atoms with Crippen LogP contribution in [0.2, 0.25) is 0 Å². The summed E-state index contributed by atoms with van der Waals surface area (Å²) in [5.41, 5.74) is 3.95. The number of pyridine rings is 1. The van der Waals surface area contributed by atoms with Crippen molar-refractivity contribution in [2.75, 3.05) is 0 Å². The Morgan fingerprint density at radius 2 is 1.82 bits per heavy atom. The molecule has 0 aliphatic rings. The van der Waals surface area contributed by atoms with Crippen molar-refractivity contribution in [1.82, 2.24) is 10.3 Å². The van der Waals surface area contributed by atoms with Gasteiger partial charge in [0.1, 0.15) is 0 Å². The maximum atomic E-state index is 12.4. The van der Waals surface area contributed by atoms with Gasteiger partial charge in [0.05, 0.1) is 11.6 Å². The summed E-state index contributed by atoms with van der Waals surface area (Å²) < 4.78 is 0. The van der Waals surface area contributed by atoms with Crippen LogP contribution >= 0.6 is 0 Å². The van der Waals surface area contributed by atoms with E-state index in [1.54, 1.807) is 6.20 Å². The molecule has 3 nitrogen and oxygen atoms in total. The minimum Gasteiger partial charge on any atom is -0.345 e. The van der Waals surface area contributed by atoms with E-state index >= 15 is 0 Å². The summed E-state index contributed by atoms with van der Waals surface area (Å²) >= 11 is 0. The van der Waals surface area contributed by atoms with E-state index in [0.29, 0.717) is 11.5 Å². The van der Waals surface area contributed by atoms with Gasteiger partial charge < -0.3 is 5.32 Å². The number of carbonyl (C=O) groups is 1. The first-order valence-electron chi connectivity index (χ1n) is 7.83. The molecule has 0 fully saturated rings. The Bertz CT molecular complexity index is 615. The van der Waals surface area contributed by atoms with Gasteiger partial charge in [0, 0.05) is 11.9 Å². The molecule has 1 N–H and O–H groups in total. The van der Waals surface area contributed by atoms with E-state index in [4.69, 9.17) is 0 Å². The minimum absolute atomic E-state index is 0.000269. The van der Waals surface area contributed by atoms with Gasteiger partial charge in [-0.05, 0) is 42.5 Å². The van der Waals surface area contributed by atoms with Gasteiger partial charge in [-0.3, -0.25) is 9.78 Å². The van der Waals surface area contributed by atoms with Crippen LogP contribution < -0.4 is 5.32 Å². The summed E-state index contributed by atoms with van der Waals surface area (Å²) in [5, 5.41) is 3.13.